The zero-order valence-electron chi connectivity index (χ0n) is 17.0. The molecular formula is C22H20N6O3. The first-order chi connectivity index (χ1) is 15.3. The number of H-pyrrole nitrogens is 1. The summed E-state index contributed by atoms with van der Waals surface area (Å²) in [6.45, 7) is 0.228. The fourth-order valence-electron chi connectivity index (χ4n) is 3.47. The normalized spacial score (nSPS) is 11.0. The third-order valence-electron chi connectivity index (χ3n) is 4.93. The van der Waals surface area contributed by atoms with Gasteiger partial charge in [0.2, 0.25) is 5.75 Å². The largest absolute Gasteiger partial charge is 0.493 e. The first kappa shape index (κ1) is 18.7. The number of nitrogens with one attached hydrogen (secondary N) is 1. The number of imidazole rings is 3. The molecule has 0 aliphatic heterocycles. The molecule has 0 aliphatic rings. The number of aromatic amines is 1. The fourth-order valence-corrected chi connectivity index (χ4v) is 3.47. The average molecular weight is 416 g/mol. The number of benzene rings is 2. The average Bonchev–Trinajstić information content (AvgIpc) is 3.57. The fraction of sp³-hybridized carbons (Fsp3) is 0.136. The molecule has 5 aromatic rings. The van der Waals surface area contributed by atoms with Gasteiger partial charge in [0.05, 0.1) is 49.3 Å². The van der Waals surface area contributed by atoms with Crippen molar-refractivity contribution in [2.45, 2.75) is 6.61 Å². The molecule has 0 spiro atoms. The lowest BCUT2D eigenvalue weighted by Gasteiger charge is -2.13. The molecule has 3 heterocycles. The smallest absolute Gasteiger partial charge is 0.203 e. The predicted octanol–water partition coefficient (Wildman–Crippen LogP) is 3.53. The highest BCUT2D eigenvalue weighted by Gasteiger charge is 2.15. The van der Waals surface area contributed by atoms with Crippen LogP contribution in [-0.2, 0) is 6.61 Å². The van der Waals surface area contributed by atoms with Crippen LogP contribution in [0.15, 0.2) is 67.8 Å². The van der Waals surface area contributed by atoms with Crippen LogP contribution in [-0.4, -0.2) is 43.3 Å². The van der Waals surface area contributed by atoms with E-state index in [1.165, 1.54) is 0 Å². The Morgan fingerprint density at radius 2 is 1.55 bits per heavy atom. The summed E-state index contributed by atoms with van der Waals surface area (Å²) in [7, 11) is 3.19. The summed E-state index contributed by atoms with van der Waals surface area (Å²) in [5, 5.41) is 0. The molecule has 0 atom stereocenters. The number of hydrogen-bond donors (Lipinski definition) is 1. The van der Waals surface area contributed by atoms with Crippen molar-refractivity contribution in [1.29, 1.82) is 0 Å². The maximum atomic E-state index is 6.00. The highest BCUT2D eigenvalue weighted by molar-refractivity contribution is 5.82. The summed E-state index contributed by atoms with van der Waals surface area (Å²) < 4.78 is 20.7. The third kappa shape index (κ3) is 3.46. The van der Waals surface area contributed by atoms with E-state index in [0.717, 1.165) is 22.4 Å². The van der Waals surface area contributed by atoms with Gasteiger partial charge in [0.1, 0.15) is 12.4 Å². The Morgan fingerprint density at radius 3 is 2.13 bits per heavy atom. The van der Waals surface area contributed by atoms with Crippen LogP contribution in [0.2, 0.25) is 0 Å². The summed E-state index contributed by atoms with van der Waals surface area (Å²) in [5.74, 6) is 2.41. The quantitative estimate of drug-likeness (QED) is 0.436. The lowest BCUT2D eigenvalue weighted by molar-refractivity contribution is 0.260. The van der Waals surface area contributed by atoms with E-state index in [1.807, 2.05) is 51.9 Å². The maximum absolute atomic E-state index is 6.00. The summed E-state index contributed by atoms with van der Waals surface area (Å²) in [6.07, 6.45) is 10.8. The van der Waals surface area contributed by atoms with Crippen LogP contribution in [0.5, 0.6) is 17.2 Å². The van der Waals surface area contributed by atoms with Gasteiger partial charge in [-0.3, -0.25) is 0 Å². The summed E-state index contributed by atoms with van der Waals surface area (Å²) in [4.78, 5) is 16.4. The SMILES string of the molecule is COc1cccc(OC)c1OCc1nc2cc(-n3ccnc3)c(-n3ccnc3)cc2[nH]1. The van der Waals surface area contributed by atoms with Crippen molar-refractivity contribution in [2.24, 2.45) is 0 Å². The summed E-state index contributed by atoms with van der Waals surface area (Å²) in [5.41, 5.74) is 3.59. The van der Waals surface area contributed by atoms with E-state index >= 15 is 0 Å². The van der Waals surface area contributed by atoms with E-state index in [9.17, 15) is 0 Å². The number of fused-ring (bicyclic) bond motifs is 1. The molecule has 0 amide bonds. The minimum Gasteiger partial charge on any atom is -0.493 e. The molecule has 156 valence electrons. The minimum atomic E-state index is 0.228. The first-order valence-corrected chi connectivity index (χ1v) is 9.60. The van der Waals surface area contributed by atoms with Crippen molar-refractivity contribution < 1.29 is 14.2 Å². The molecule has 1 N–H and O–H groups in total. The molecule has 0 saturated carbocycles. The molecule has 0 unspecified atom stereocenters. The topological polar surface area (TPSA) is 92.0 Å². The standard InChI is InChI=1S/C22H20N6O3/c1-29-19-4-3-5-20(30-2)22(19)31-12-21-25-15-10-17(27-8-6-23-13-27)18(11-16(15)26-21)28-9-7-24-14-28/h3-11,13-14H,12H2,1-2H3,(H,25,26). The van der Waals surface area contributed by atoms with Gasteiger partial charge in [0.15, 0.2) is 11.5 Å². The van der Waals surface area contributed by atoms with Crippen LogP contribution >= 0.6 is 0 Å². The molecule has 9 heteroatoms. The number of nitrogens with zero attached hydrogens (tertiary/aromatic N) is 5. The van der Waals surface area contributed by atoms with Gasteiger partial charge in [-0.25, -0.2) is 15.0 Å². The van der Waals surface area contributed by atoms with Gasteiger partial charge in [-0.2, -0.15) is 0 Å². The van der Waals surface area contributed by atoms with E-state index in [2.05, 4.69) is 15.0 Å². The Labute approximate surface area is 177 Å². The zero-order chi connectivity index (χ0) is 21.2. The molecular weight excluding hydrogens is 396 g/mol. The molecule has 0 aliphatic carbocycles. The van der Waals surface area contributed by atoms with Crippen molar-refractivity contribution in [1.82, 2.24) is 29.1 Å². The highest BCUT2D eigenvalue weighted by Crippen LogP contribution is 2.37. The van der Waals surface area contributed by atoms with E-state index in [-0.39, 0.29) is 6.61 Å². The van der Waals surface area contributed by atoms with Gasteiger partial charge >= 0.3 is 0 Å². The van der Waals surface area contributed by atoms with E-state index in [0.29, 0.717) is 23.1 Å². The van der Waals surface area contributed by atoms with Crippen LogP contribution in [0, 0.1) is 0 Å². The number of ether oxygens (including phenoxy) is 3. The van der Waals surface area contributed by atoms with Gasteiger partial charge in [0.25, 0.3) is 0 Å². The first-order valence-electron chi connectivity index (χ1n) is 9.60. The second-order valence-corrected chi connectivity index (χ2v) is 6.76. The van der Waals surface area contributed by atoms with E-state index in [1.54, 1.807) is 39.3 Å². The van der Waals surface area contributed by atoms with Gasteiger partial charge in [0, 0.05) is 24.8 Å². The van der Waals surface area contributed by atoms with Gasteiger partial charge < -0.3 is 28.3 Å². The van der Waals surface area contributed by atoms with Crippen LogP contribution in [0.1, 0.15) is 5.82 Å². The Kier molecular flexibility index (Phi) is 4.75. The number of methoxy groups -OCH3 is 2. The van der Waals surface area contributed by atoms with Crippen LogP contribution < -0.4 is 14.2 Å². The molecule has 0 bridgehead atoms. The van der Waals surface area contributed by atoms with E-state index < -0.39 is 0 Å². The zero-order valence-corrected chi connectivity index (χ0v) is 17.0. The van der Waals surface area contributed by atoms with Crippen molar-refractivity contribution >= 4 is 11.0 Å². The molecule has 0 saturated heterocycles. The van der Waals surface area contributed by atoms with Gasteiger partial charge in [-0.05, 0) is 24.3 Å². The Morgan fingerprint density at radius 1 is 0.903 bits per heavy atom. The summed E-state index contributed by atoms with van der Waals surface area (Å²) >= 11 is 0. The second-order valence-electron chi connectivity index (χ2n) is 6.76. The number of aromatic nitrogens is 6. The monoisotopic (exact) mass is 416 g/mol. The predicted molar refractivity (Wildman–Crippen MR) is 114 cm³/mol. The van der Waals surface area contributed by atoms with Gasteiger partial charge in [-0.15, -0.1) is 0 Å². The van der Waals surface area contributed by atoms with Crippen LogP contribution in [0.4, 0.5) is 0 Å². The number of rotatable bonds is 7. The molecule has 9 nitrogen and oxygen atoms in total. The number of hydrogen-bond acceptors (Lipinski definition) is 6. The molecule has 3 aromatic heterocycles. The molecule has 0 fully saturated rings. The lowest BCUT2D eigenvalue weighted by Crippen LogP contribution is -2.01. The molecule has 2 aromatic carbocycles. The Hall–Kier alpha value is -4.27. The van der Waals surface area contributed by atoms with Crippen molar-refractivity contribution in [3.8, 4) is 28.6 Å². The maximum Gasteiger partial charge on any atom is 0.203 e. The third-order valence-corrected chi connectivity index (χ3v) is 4.93. The Bertz CT molecular complexity index is 1220. The molecule has 31 heavy (non-hydrogen) atoms. The minimum absolute atomic E-state index is 0.228. The highest BCUT2D eigenvalue weighted by atomic mass is 16.5. The van der Waals surface area contributed by atoms with Crippen molar-refractivity contribution in [2.75, 3.05) is 14.2 Å². The second kappa shape index (κ2) is 7.86. The Balaban J connectivity index is 1.51. The number of para-hydroxylation sites is 1. The molecule has 0 radical (unpaired) electrons. The summed E-state index contributed by atoms with van der Waals surface area (Å²) in [6, 6.07) is 9.54. The van der Waals surface area contributed by atoms with Crippen molar-refractivity contribution in [3.05, 3.63) is 73.6 Å². The lowest BCUT2D eigenvalue weighted by atomic mass is 10.2. The van der Waals surface area contributed by atoms with Crippen LogP contribution in [0.25, 0.3) is 22.4 Å². The van der Waals surface area contributed by atoms with E-state index in [4.69, 9.17) is 19.2 Å². The van der Waals surface area contributed by atoms with Crippen LogP contribution in [0.3, 0.4) is 0 Å². The van der Waals surface area contributed by atoms with Gasteiger partial charge in [-0.1, -0.05) is 6.07 Å². The van der Waals surface area contributed by atoms with Crippen molar-refractivity contribution in [3.63, 3.8) is 0 Å². The molecule has 5 rings (SSSR count).